The minimum Gasteiger partial charge on any atom is -0.481 e. The van der Waals surface area contributed by atoms with E-state index in [1.54, 1.807) is 0 Å². The number of carbonyl (C=O) groups is 2. The number of rotatable bonds is 3. The first-order valence-electron chi connectivity index (χ1n) is 7.20. The lowest BCUT2D eigenvalue weighted by Gasteiger charge is -2.35. The predicted molar refractivity (Wildman–Crippen MR) is 71.7 cm³/mol. The van der Waals surface area contributed by atoms with Gasteiger partial charge in [-0.05, 0) is 46.1 Å². The molecule has 5 heteroatoms. The average Bonchev–Trinajstić information content (AvgIpc) is 2.83. The molecule has 1 aliphatic carbocycles. The van der Waals surface area contributed by atoms with Crippen LogP contribution in [-0.2, 0) is 9.59 Å². The summed E-state index contributed by atoms with van der Waals surface area (Å²) >= 11 is 0. The third-order valence-electron chi connectivity index (χ3n) is 4.71. The van der Waals surface area contributed by atoms with Crippen LogP contribution < -0.4 is 5.32 Å². The standard InChI is InChI=1S/C14H24N2O3/c1-9-7-12(5-6-16(9)2)15-13(17)10-3-4-11(8-10)14(18)19/h9-12H,3-8H2,1-2H3,(H,15,17)(H,18,19). The highest BCUT2D eigenvalue weighted by atomic mass is 16.4. The van der Waals surface area contributed by atoms with Gasteiger partial charge in [0.15, 0.2) is 0 Å². The summed E-state index contributed by atoms with van der Waals surface area (Å²) in [6.07, 6.45) is 3.82. The average molecular weight is 268 g/mol. The zero-order chi connectivity index (χ0) is 14.0. The molecule has 0 radical (unpaired) electrons. The smallest absolute Gasteiger partial charge is 0.306 e. The molecule has 2 fully saturated rings. The summed E-state index contributed by atoms with van der Waals surface area (Å²) in [6, 6.07) is 0.747. The van der Waals surface area contributed by atoms with Gasteiger partial charge in [-0.15, -0.1) is 0 Å². The van der Waals surface area contributed by atoms with Gasteiger partial charge in [-0.25, -0.2) is 0 Å². The second-order valence-corrected chi connectivity index (χ2v) is 6.10. The van der Waals surface area contributed by atoms with E-state index in [2.05, 4.69) is 24.2 Å². The molecule has 4 atom stereocenters. The van der Waals surface area contributed by atoms with E-state index in [0.29, 0.717) is 25.3 Å². The molecular weight excluding hydrogens is 244 g/mol. The van der Waals surface area contributed by atoms with Crippen LogP contribution in [0, 0.1) is 11.8 Å². The van der Waals surface area contributed by atoms with Crippen LogP contribution in [0.4, 0.5) is 0 Å². The Morgan fingerprint density at radius 2 is 1.84 bits per heavy atom. The number of carboxylic acids is 1. The third kappa shape index (κ3) is 3.47. The first-order valence-corrected chi connectivity index (χ1v) is 7.20. The van der Waals surface area contributed by atoms with Crippen molar-refractivity contribution in [2.75, 3.05) is 13.6 Å². The Labute approximate surface area is 114 Å². The predicted octanol–water partition coefficient (Wildman–Crippen LogP) is 1.09. The second kappa shape index (κ2) is 5.90. The van der Waals surface area contributed by atoms with E-state index in [9.17, 15) is 9.59 Å². The van der Waals surface area contributed by atoms with Crippen molar-refractivity contribution < 1.29 is 14.7 Å². The van der Waals surface area contributed by atoms with Crippen LogP contribution in [0.1, 0.15) is 39.0 Å². The Balaban J connectivity index is 1.80. The van der Waals surface area contributed by atoms with Gasteiger partial charge in [-0.3, -0.25) is 9.59 Å². The fraction of sp³-hybridized carbons (Fsp3) is 0.857. The molecule has 0 aromatic rings. The lowest BCUT2D eigenvalue weighted by atomic mass is 9.97. The normalized spacial score (nSPS) is 36.1. The lowest BCUT2D eigenvalue weighted by Crippen LogP contribution is -2.48. The minimum absolute atomic E-state index is 0.0607. The van der Waals surface area contributed by atoms with Crippen molar-refractivity contribution in [1.82, 2.24) is 10.2 Å². The summed E-state index contributed by atoms with van der Waals surface area (Å²) in [7, 11) is 2.11. The summed E-state index contributed by atoms with van der Waals surface area (Å²) < 4.78 is 0. The van der Waals surface area contributed by atoms with E-state index < -0.39 is 5.97 Å². The number of hydrogen-bond donors (Lipinski definition) is 2. The summed E-state index contributed by atoms with van der Waals surface area (Å²) in [4.78, 5) is 25.4. The number of likely N-dealkylation sites (tertiary alicyclic amines) is 1. The van der Waals surface area contributed by atoms with E-state index in [4.69, 9.17) is 5.11 Å². The lowest BCUT2D eigenvalue weighted by molar-refractivity contribution is -0.141. The molecule has 1 amide bonds. The Morgan fingerprint density at radius 1 is 1.16 bits per heavy atom. The molecule has 1 saturated heterocycles. The molecule has 2 rings (SSSR count). The minimum atomic E-state index is -0.761. The van der Waals surface area contributed by atoms with Gasteiger partial charge in [0, 0.05) is 24.5 Å². The van der Waals surface area contributed by atoms with E-state index in [0.717, 1.165) is 19.4 Å². The van der Waals surface area contributed by atoms with Crippen molar-refractivity contribution in [2.24, 2.45) is 11.8 Å². The van der Waals surface area contributed by atoms with Gasteiger partial charge < -0.3 is 15.3 Å². The quantitative estimate of drug-likeness (QED) is 0.804. The molecule has 1 heterocycles. The van der Waals surface area contributed by atoms with Crippen molar-refractivity contribution >= 4 is 11.9 Å². The molecule has 4 unspecified atom stereocenters. The number of carboxylic acid groups (broad SMARTS) is 1. The van der Waals surface area contributed by atoms with Crippen molar-refractivity contribution in [3.05, 3.63) is 0 Å². The molecule has 108 valence electrons. The monoisotopic (exact) mass is 268 g/mol. The number of amides is 1. The zero-order valence-electron chi connectivity index (χ0n) is 11.8. The van der Waals surface area contributed by atoms with Gasteiger partial charge in [0.05, 0.1) is 5.92 Å². The molecule has 2 N–H and O–H groups in total. The number of nitrogens with one attached hydrogen (secondary N) is 1. The van der Waals surface area contributed by atoms with E-state index >= 15 is 0 Å². The Bertz CT molecular complexity index is 359. The molecule has 0 spiro atoms. The van der Waals surface area contributed by atoms with Gasteiger partial charge in [-0.1, -0.05) is 0 Å². The van der Waals surface area contributed by atoms with E-state index in [1.165, 1.54) is 0 Å². The van der Waals surface area contributed by atoms with Crippen LogP contribution in [-0.4, -0.2) is 47.6 Å². The van der Waals surface area contributed by atoms with Crippen LogP contribution in [0.5, 0.6) is 0 Å². The van der Waals surface area contributed by atoms with Crippen molar-refractivity contribution in [3.8, 4) is 0 Å². The topological polar surface area (TPSA) is 69.6 Å². The molecule has 5 nitrogen and oxygen atoms in total. The van der Waals surface area contributed by atoms with Crippen LogP contribution in [0.2, 0.25) is 0 Å². The van der Waals surface area contributed by atoms with Crippen molar-refractivity contribution in [3.63, 3.8) is 0 Å². The Hall–Kier alpha value is -1.10. The highest BCUT2D eigenvalue weighted by molar-refractivity contribution is 5.81. The van der Waals surface area contributed by atoms with Crippen LogP contribution in [0.3, 0.4) is 0 Å². The summed E-state index contributed by atoms with van der Waals surface area (Å²) in [5.41, 5.74) is 0. The van der Waals surface area contributed by atoms with Gasteiger partial charge in [0.25, 0.3) is 0 Å². The molecule has 19 heavy (non-hydrogen) atoms. The number of nitrogens with zero attached hydrogens (tertiary/aromatic N) is 1. The maximum atomic E-state index is 12.2. The molecule has 2 aliphatic rings. The molecule has 1 aliphatic heterocycles. The summed E-state index contributed by atoms with van der Waals surface area (Å²) in [5, 5.41) is 12.1. The zero-order valence-corrected chi connectivity index (χ0v) is 11.8. The van der Waals surface area contributed by atoms with Crippen molar-refractivity contribution in [1.29, 1.82) is 0 Å². The Morgan fingerprint density at radius 3 is 2.42 bits per heavy atom. The highest BCUT2D eigenvalue weighted by Gasteiger charge is 2.35. The summed E-state index contributed by atoms with van der Waals surface area (Å²) in [6.45, 7) is 3.18. The fourth-order valence-corrected chi connectivity index (χ4v) is 3.18. The molecular formula is C14H24N2O3. The largest absolute Gasteiger partial charge is 0.481 e. The number of carbonyl (C=O) groups excluding carboxylic acids is 1. The summed E-state index contributed by atoms with van der Waals surface area (Å²) in [5.74, 6) is -1.13. The van der Waals surface area contributed by atoms with E-state index in [1.807, 2.05) is 0 Å². The first-order chi connectivity index (χ1) is 8.97. The van der Waals surface area contributed by atoms with Gasteiger partial charge in [0.1, 0.15) is 0 Å². The molecule has 0 aromatic carbocycles. The van der Waals surface area contributed by atoms with Crippen LogP contribution >= 0.6 is 0 Å². The Kier molecular flexibility index (Phi) is 4.45. The van der Waals surface area contributed by atoms with Crippen LogP contribution in [0.25, 0.3) is 0 Å². The van der Waals surface area contributed by atoms with Gasteiger partial charge in [0.2, 0.25) is 5.91 Å². The van der Waals surface area contributed by atoms with Gasteiger partial charge in [-0.2, -0.15) is 0 Å². The fourth-order valence-electron chi connectivity index (χ4n) is 3.18. The molecule has 1 saturated carbocycles. The highest BCUT2D eigenvalue weighted by Crippen LogP contribution is 2.31. The second-order valence-electron chi connectivity index (χ2n) is 6.10. The molecule has 0 aromatic heterocycles. The number of hydrogen-bond acceptors (Lipinski definition) is 3. The van der Waals surface area contributed by atoms with Gasteiger partial charge >= 0.3 is 5.97 Å². The molecule has 0 bridgehead atoms. The van der Waals surface area contributed by atoms with Crippen LogP contribution in [0.15, 0.2) is 0 Å². The van der Waals surface area contributed by atoms with E-state index in [-0.39, 0.29) is 23.8 Å². The SMILES string of the molecule is CC1CC(NC(=O)C2CCC(C(=O)O)C2)CCN1C. The first kappa shape index (κ1) is 14.3. The van der Waals surface area contributed by atoms with Crippen molar-refractivity contribution in [2.45, 2.75) is 51.1 Å². The number of aliphatic carboxylic acids is 1. The maximum Gasteiger partial charge on any atom is 0.306 e. The maximum absolute atomic E-state index is 12.2. The third-order valence-corrected chi connectivity index (χ3v) is 4.71. The number of piperidine rings is 1.